The first-order chi connectivity index (χ1) is 9.15. The van der Waals surface area contributed by atoms with Crippen LogP contribution < -0.4 is 10.1 Å². The van der Waals surface area contributed by atoms with Crippen molar-refractivity contribution in [3.63, 3.8) is 0 Å². The molecular formula is C15H22N2OS. The number of methoxy groups -OCH3 is 1. The number of ether oxygens (including phenoxy) is 1. The third kappa shape index (κ3) is 5.14. The topological polar surface area (TPSA) is 45.0 Å². The average Bonchev–Trinajstić information content (AvgIpc) is 2.44. The number of hydrogen-bond donors (Lipinski definition) is 1. The van der Waals surface area contributed by atoms with Crippen LogP contribution in [0.15, 0.2) is 29.2 Å². The summed E-state index contributed by atoms with van der Waals surface area (Å²) in [5.41, 5.74) is -0.407. The molecule has 1 unspecified atom stereocenters. The Morgan fingerprint density at radius 1 is 1.42 bits per heavy atom. The van der Waals surface area contributed by atoms with Gasteiger partial charge in [0, 0.05) is 4.90 Å². The van der Waals surface area contributed by atoms with Gasteiger partial charge in [-0.2, -0.15) is 5.26 Å². The van der Waals surface area contributed by atoms with Crippen molar-refractivity contribution in [2.75, 3.05) is 19.4 Å². The van der Waals surface area contributed by atoms with Gasteiger partial charge < -0.3 is 4.74 Å². The summed E-state index contributed by atoms with van der Waals surface area (Å²) < 4.78 is 5.32. The van der Waals surface area contributed by atoms with Crippen LogP contribution in [0.3, 0.4) is 0 Å². The first-order valence-electron chi connectivity index (χ1n) is 6.57. The van der Waals surface area contributed by atoms with Crippen LogP contribution in [0, 0.1) is 11.3 Å². The molecule has 4 heteroatoms. The lowest BCUT2D eigenvalue weighted by Crippen LogP contribution is -2.40. The van der Waals surface area contributed by atoms with E-state index < -0.39 is 5.54 Å². The molecule has 1 aromatic rings. The number of rotatable bonds is 8. The molecule has 0 aliphatic carbocycles. The number of nitrogens with one attached hydrogen (secondary N) is 1. The molecule has 0 spiro atoms. The Balaban J connectivity index is 2.41. The number of nitrogens with zero attached hydrogens (tertiary/aromatic N) is 1. The molecule has 3 nitrogen and oxygen atoms in total. The zero-order valence-corrected chi connectivity index (χ0v) is 12.7. The Hall–Kier alpha value is -1.18. The average molecular weight is 278 g/mol. The molecule has 0 aliphatic rings. The molecule has 0 radical (unpaired) electrons. The van der Waals surface area contributed by atoms with E-state index in [4.69, 9.17) is 4.74 Å². The van der Waals surface area contributed by atoms with Gasteiger partial charge in [-0.15, -0.1) is 11.8 Å². The zero-order chi connectivity index (χ0) is 14.1. The third-order valence-corrected chi connectivity index (χ3v) is 4.10. The number of thioether (sulfide) groups is 1. The Labute approximate surface area is 120 Å². The van der Waals surface area contributed by atoms with Crippen molar-refractivity contribution < 1.29 is 4.74 Å². The quantitative estimate of drug-likeness (QED) is 0.584. The molecule has 0 saturated heterocycles. The highest BCUT2D eigenvalue weighted by atomic mass is 32.2. The smallest absolute Gasteiger partial charge is 0.132 e. The summed E-state index contributed by atoms with van der Waals surface area (Å²) in [6.07, 6.45) is 1.86. The van der Waals surface area contributed by atoms with Crippen LogP contribution in [0.1, 0.15) is 26.7 Å². The highest BCUT2D eigenvalue weighted by Crippen LogP contribution is 2.29. The van der Waals surface area contributed by atoms with Crippen LogP contribution in [-0.4, -0.2) is 24.9 Å². The van der Waals surface area contributed by atoms with Crippen LogP contribution >= 0.6 is 11.8 Å². The maximum atomic E-state index is 9.18. The van der Waals surface area contributed by atoms with Gasteiger partial charge in [-0.1, -0.05) is 19.1 Å². The maximum Gasteiger partial charge on any atom is 0.132 e. The van der Waals surface area contributed by atoms with Crippen LogP contribution in [0.5, 0.6) is 5.75 Å². The molecule has 0 aromatic heterocycles. The van der Waals surface area contributed by atoms with Gasteiger partial charge >= 0.3 is 0 Å². The Bertz CT molecular complexity index is 430. The molecule has 1 aromatic carbocycles. The molecule has 104 valence electrons. The van der Waals surface area contributed by atoms with Gasteiger partial charge in [0.25, 0.3) is 0 Å². The van der Waals surface area contributed by atoms with Gasteiger partial charge in [-0.25, -0.2) is 0 Å². The monoisotopic (exact) mass is 278 g/mol. The minimum Gasteiger partial charge on any atom is -0.496 e. The van der Waals surface area contributed by atoms with Gasteiger partial charge in [-0.05, 0) is 44.2 Å². The molecule has 0 fully saturated rings. The molecule has 1 rings (SSSR count). The zero-order valence-electron chi connectivity index (χ0n) is 11.9. The highest BCUT2D eigenvalue weighted by molar-refractivity contribution is 7.99. The van der Waals surface area contributed by atoms with E-state index >= 15 is 0 Å². The van der Waals surface area contributed by atoms with E-state index in [1.165, 1.54) is 0 Å². The van der Waals surface area contributed by atoms with E-state index in [1.807, 2.05) is 32.0 Å². The van der Waals surface area contributed by atoms with E-state index in [2.05, 4.69) is 17.5 Å². The largest absolute Gasteiger partial charge is 0.496 e. The van der Waals surface area contributed by atoms with Gasteiger partial charge in [-0.3, -0.25) is 5.32 Å². The van der Waals surface area contributed by atoms with Gasteiger partial charge in [0.05, 0.1) is 13.2 Å². The lowest BCUT2D eigenvalue weighted by molar-refractivity contribution is 0.404. The molecule has 1 atom stereocenters. The molecule has 0 heterocycles. The van der Waals surface area contributed by atoms with Crippen molar-refractivity contribution in [2.45, 2.75) is 37.1 Å². The minimum atomic E-state index is -0.407. The Morgan fingerprint density at radius 2 is 2.16 bits per heavy atom. The van der Waals surface area contributed by atoms with E-state index in [1.54, 1.807) is 18.9 Å². The van der Waals surface area contributed by atoms with Crippen molar-refractivity contribution in [1.82, 2.24) is 5.32 Å². The standard InChI is InChI=1S/C15H22N2OS/c1-4-17-15(2,12-16)10-7-11-19-14-9-6-5-8-13(14)18-3/h5-6,8-9,17H,4,7,10-11H2,1-3H3. The summed E-state index contributed by atoms with van der Waals surface area (Å²) >= 11 is 1.78. The highest BCUT2D eigenvalue weighted by Gasteiger charge is 2.21. The first-order valence-corrected chi connectivity index (χ1v) is 7.56. The van der Waals surface area contributed by atoms with Crippen molar-refractivity contribution >= 4 is 11.8 Å². The van der Waals surface area contributed by atoms with E-state index in [9.17, 15) is 5.26 Å². The fourth-order valence-corrected chi connectivity index (χ4v) is 2.90. The van der Waals surface area contributed by atoms with Crippen molar-refractivity contribution in [3.8, 4) is 11.8 Å². The summed E-state index contributed by atoms with van der Waals surface area (Å²) in [6.45, 7) is 4.81. The van der Waals surface area contributed by atoms with Crippen molar-refractivity contribution in [3.05, 3.63) is 24.3 Å². The van der Waals surface area contributed by atoms with Gasteiger partial charge in [0.15, 0.2) is 0 Å². The fourth-order valence-electron chi connectivity index (χ4n) is 1.92. The fraction of sp³-hybridized carbons (Fsp3) is 0.533. The minimum absolute atomic E-state index is 0.407. The maximum absolute atomic E-state index is 9.18. The second-order valence-corrected chi connectivity index (χ2v) is 5.71. The van der Waals surface area contributed by atoms with Crippen LogP contribution in [0.25, 0.3) is 0 Å². The predicted molar refractivity (Wildman–Crippen MR) is 80.6 cm³/mol. The first kappa shape index (κ1) is 15.9. The molecule has 0 saturated carbocycles. The lowest BCUT2D eigenvalue weighted by atomic mass is 9.98. The van der Waals surface area contributed by atoms with E-state index in [0.29, 0.717) is 0 Å². The van der Waals surface area contributed by atoms with Crippen LogP contribution in [0.4, 0.5) is 0 Å². The molecule has 0 bridgehead atoms. The number of hydrogen-bond acceptors (Lipinski definition) is 4. The predicted octanol–water partition coefficient (Wildman–Crippen LogP) is 3.46. The van der Waals surface area contributed by atoms with E-state index in [-0.39, 0.29) is 0 Å². The third-order valence-electron chi connectivity index (χ3n) is 2.96. The van der Waals surface area contributed by atoms with E-state index in [0.717, 1.165) is 35.8 Å². The normalized spacial score (nSPS) is 13.6. The second-order valence-electron chi connectivity index (χ2n) is 4.58. The number of para-hydroxylation sites is 1. The summed E-state index contributed by atoms with van der Waals surface area (Å²) in [5, 5.41) is 12.4. The molecular weight excluding hydrogens is 256 g/mol. The Kier molecular flexibility index (Phi) is 6.75. The summed E-state index contributed by atoms with van der Waals surface area (Å²) in [6, 6.07) is 10.4. The molecule has 19 heavy (non-hydrogen) atoms. The number of nitriles is 1. The molecule has 1 N–H and O–H groups in total. The lowest BCUT2D eigenvalue weighted by Gasteiger charge is -2.22. The summed E-state index contributed by atoms with van der Waals surface area (Å²) in [7, 11) is 1.69. The molecule has 0 aliphatic heterocycles. The van der Waals surface area contributed by atoms with Crippen LogP contribution in [-0.2, 0) is 0 Å². The van der Waals surface area contributed by atoms with Crippen LogP contribution in [0.2, 0.25) is 0 Å². The second kappa shape index (κ2) is 8.08. The number of benzene rings is 1. The summed E-state index contributed by atoms with van der Waals surface area (Å²) in [4.78, 5) is 1.16. The molecule has 0 amide bonds. The van der Waals surface area contributed by atoms with Crippen molar-refractivity contribution in [1.29, 1.82) is 5.26 Å². The SMILES string of the molecule is CCNC(C)(C#N)CCCSc1ccccc1OC. The van der Waals surface area contributed by atoms with Crippen molar-refractivity contribution in [2.24, 2.45) is 0 Å². The van der Waals surface area contributed by atoms with Gasteiger partial charge in [0.1, 0.15) is 11.3 Å². The Morgan fingerprint density at radius 3 is 2.79 bits per heavy atom. The summed E-state index contributed by atoms with van der Waals surface area (Å²) in [5.74, 6) is 1.91. The van der Waals surface area contributed by atoms with Gasteiger partial charge in [0.2, 0.25) is 0 Å².